The van der Waals surface area contributed by atoms with Crippen LogP contribution in [0, 0.1) is 0 Å². The molecule has 2 amide bonds. The number of nitrogens with two attached hydrogens (primary N) is 1. The van der Waals surface area contributed by atoms with E-state index >= 15 is 0 Å². The summed E-state index contributed by atoms with van der Waals surface area (Å²) in [6.45, 7) is -0.701. The van der Waals surface area contributed by atoms with Crippen LogP contribution in [0.15, 0.2) is 0 Å². The number of hydrogen-bond acceptors (Lipinski definition) is 4. The first kappa shape index (κ1) is 12.4. The summed E-state index contributed by atoms with van der Waals surface area (Å²) in [7, 11) is 0. The molecule has 7 heteroatoms. The molecule has 1 aliphatic carbocycles. The molecule has 0 unspecified atom stereocenters. The Morgan fingerprint density at radius 3 is 2.25 bits per heavy atom. The lowest BCUT2D eigenvalue weighted by molar-refractivity contribution is -0.138. The second kappa shape index (κ2) is 4.93. The van der Waals surface area contributed by atoms with Gasteiger partial charge in [0.15, 0.2) is 0 Å². The zero-order valence-corrected chi connectivity index (χ0v) is 8.78. The molecule has 0 heterocycles. The van der Waals surface area contributed by atoms with E-state index in [-0.39, 0.29) is 12.5 Å². The highest BCUT2D eigenvalue weighted by Crippen LogP contribution is 2.28. The second-order valence-corrected chi connectivity index (χ2v) is 3.86. The van der Waals surface area contributed by atoms with Gasteiger partial charge in [0.2, 0.25) is 11.8 Å². The number of carboxylic acid groups (broad SMARTS) is 1. The van der Waals surface area contributed by atoms with Crippen molar-refractivity contribution in [3.63, 3.8) is 0 Å². The molecule has 0 saturated heterocycles. The van der Waals surface area contributed by atoms with Crippen LogP contribution in [-0.4, -0.2) is 41.5 Å². The van der Waals surface area contributed by atoms with Gasteiger partial charge in [-0.1, -0.05) is 0 Å². The molecule has 0 radical (unpaired) electrons. The molecule has 0 aromatic carbocycles. The van der Waals surface area contributed by atoms with E-state index in [2.05, 4.69) is 10.6 Å². The molecule has 1 aliphatic rings. The highest BCUT2D eigenvalue weighted by molar-refractivity contribution is 5.91. The summed E-state index contributed by atoms with van der Waals surface area (Å²) < 4.78 is 0. The van der Waals surface area contributed by atoms with Gasteiger partial charge >= 0.3 is 5.97 Å². The molecule has 7 nitrogen and oxygen atoms in total. The van der Waals surface area contributed by atoms with Crippen molar-refractivity contribution in [1.29, 1.82) is 0 Å². The Labute approximate surface area is 92.4 Å². The number of aliphatic carboxylic acids is 1. The van der Waals surface area contributed by atoms with E-state index in [1.807, 2.05) is 0 Å². The summed E-state index contributed by atoms with van der Waals surface area (Å²) in [5.74, 6) is -2.03. The first-order valence-corrected chi connectivity index (χ1v) is 5.00. The first-order valence-electron chi connectivity index (χ1n) is 5.00. The third kappa shape index (κ3) is 3.20. The van der Waals surface area contributed by atoms with Crippen LogP contribution in [0.3, 0.4) is 0 Å². The summed E-state index contributed by atoms with van der Waals surface area (Å²) in [5.41, 5.74) is 4.88. The molecule has 1 saturated carbocycles. The van der Waals surface area contributed by atoms with E-state index in [0.29, 0.717) is 12.8 Å². The lowest BCUT2D eigenvalue weighted by Crippen LogP contribution is -2.59. The van der Waals surface area contributed by atoms with Gasteiger partial charge in [0.1, 0.15) is 6.54 Å². The lowest BCUT2D eigenvalue weighted by atomic mass is 9.77. The Kier molecular flexibility index (Phi) is 3.83. The molecule has 0 bridgehead atoms. The predicted octanol–water partition coefficient (Wildman–Crippen LogP) is -1.82. The fraction of sp³-hybridized carbons (Fsp3) is 0.667. The van der Waals surface area contributed by atoms with Gasteiger partial charge in [-0.2, -0.15) is 0 Å². The highest BCUT2D eigenvalue weighted by atomic mass is 16.4. The lowest BCUT2D eigenvalue weighted by Gasteiger charge is -2.36. The molecule has 1 fully saturated rings. The van der Waals surface area contributed by atoms with E-state index in [9.17, 15) is 14.4 Å². The van der Waals surface area contributed by atoms with Crippen LogP contribution < -0.4 is 16.4 Å². The van der Waals surface area contributed by atoms with Crippen LogP contribution in [-0.2, 0) is 14.4 Å². The van der Waals surface area contributed by atoms with E-state index in [0.717, 1.165) is 6.42 Å². The van der Waals surface area contributed by atoms with Crippen LogP contribution in [0.5, 0.6) is 0 Å². The van der Waals surface area contributed by atoms with Crippen LogP contribution in [0.25, 0.3) is 0 Å². The van der Waals surface area contributed by atoms with Gasteiger partial charge in [0.05, 0.1) is 12.1 Å². The van der Waals surface area contributed by atoms with Gasteiger partial charge in [-0.15, -0.1) is 0 Å². The minimum Gasteiger partial charge on any atom is -0.480 e. The summed E-state index contributed by atoms with van der Waals surface area (Å²) in [6.07, 6.45) is 2.15. The van der Waals surface area contributed by atoms with Crippen LogP contribution in [0.2, 0.25) is 0 Å². The first-order chi connectivity index (χ1) is 7.44. The highest BCUT2D eigenvalue weighted by Gasteiger charge is 2.39. The molecule has 0 spiro atoms. The Morgan fingerprint density at radius 2 is 1.81 bits per heavy atom. The average molecular weight is 229 g/mol. The molecular formula is C9H15N3O4. The monoisotopic (exact) mass is 229 g/mol. The zero-order valence-electron chi connectivity index (χ0n) is 8.78. The second-order valence-electron chi connectivity index (χ2n) is 3.86. The van der Waals surface area contributed by atoms with Crippen molar-refractivity contribution in [2.24, 2.45) is 5.73 Å². The van der Waals surface area contributed by atoms with Crippen LogP contribution in [0.1, 0.15) is 19.3 Å². The predicted molar refractivity (Wildman–Crippen MR) is 54.4 cm³/mol. The number of nitrogens with one attached hydrogen (secondary N) is 2. The quantitative estimate of drug-likeness (QED) is 0.442. The smallest absolute Gasteiger partial charge is 0.322 e. The van der Waals surface area contributed by atoms with Gasteiger partial charge in [-0.25, -0.2) is 0 Å². The van der Waals surface area contributed by atoms with Crippen molar-refractivity contribution in [1.82, 2.24) is 10.6 Å². The Balaban J connectivity index is 2.21. The van der Waals surface area contributed by atoms with Crippen molar-refractivity contribution < 1.29 is 19.5 Å². The summed E-state index contributed by atoms with van der Waals surface area (Å²) in [5, 5.41) is 12.8. The van der Waals surface area contributed by atoms with Crippen molar-refractivity contribution >= 4 is 17.8 Å². The van der Waals surface area contributed by atoms with Crippen LogP contribution >= 0.6 is 0 Å². The number of hydrogen-bond donors (Lipinski definition) is 4. The molecule has 5 N–H and O–H groups in total. The minimum atomic E-state index is -1.13. The molecule has 0 aliphatic heterocycles. The fourth-order valence-electron chi connectivity index (χ4n) is 1.36. The number of carbonyl (C=O) groups excluding carboxylic acids is 2. The average Bonchev–Trinajstić information content (AvgIpc) is 2.19. The summed E-state index contributed by atoms with van der Waals surface area (Å²) in [6, 6.07) is 0. The van der Waals surface area contributed by atoms with E-state index in [1.54, 1.807) is 0 Å². The normalized spacial score (nSPS) is 17.1. The fourth-order valence-corrected chi connectivity index (χ4v) is 1.36. The van der Waals surface area contributed by atoms with Gasteiger partial charge in [0.25, 0.3) is 0 Å². The zero-order chi connectivity index (χ0) is 12.2. The topological polar surface area (TPSA) is 122 Å². The maximum absolute atomic E-state index is 11.5. The molecule has 1 rings (SSSR count). The Hall–Kier alpha value is -1.63. The standard InChI is InChI=1S/C9H15N3O4/c10-9(2-1-3-9)8(16)12-4-6(13)11-5-7(14)15/h1-5,10H2,(H,11,13)(H,12,16)(H,14,15). The van der Waals surface area contributed by atoms with Gasteiger partial charge in [-0.3, -0.25) is 14.4 Å². The van der Waals surface area contributed by atoms with Gasteiger partial charge in [0, 0.05) is 0 Å². The SMILES string of the molecule is NC1(C(=O)NCC(=O)NCC(=O)O)CCC1. The maximum Gasteiger partial charge on any atom is 0.322 e. The summed E-state index contributed by atoms with van der Waals surface area (Å²) in [4.78, 5) is 32.6. The molecule has 0 aromatic rings. The van der Waals surface area contributed by atoms with E-state index in [4.69, 9.17) is 10.8 Å². The number of carboxylic acids is 1. The molecular weight excluding hydrogens is 214 g/mol. The van der Waals surface area contributed by atoms with E-state index < -0.39 is 24.0 Å². The van der Waals surface area contributed by atoms with Gasteiger partial charge < -0.3 is 21.5 Å². The van der Waals surface area contributed by atoms with Crippen LogP contribution in [0.4, 0.5) is 0 Å². The number of amides is 2. The van der Waals surface area contributed by atoms with Crippen molar-refractivity contribution in [3.8, 4) is 0 Å². The number of rotatable bonds is 5. The maximum atomic E-state index is 11.5. The van der Waals surface area contributed by atoms with Crippen molar-refractivity contribution in [2.45, 2.75) is 24.8 Å². The Bertz CT molecular complexity index is 312. The molecule has 16 heavy (non-hydrogen) atoms. The molecule has 0 aromatic heterocycles. The molecule has 90 valence electrons. The van der Waals surface area contributed by atoms with Gasteiger partial charge in [-0.05, 0) is 19.3 Å². The summed E-state index contributed by atoms with van der Waals surface area (Å²) >= 11 is 0. The third-order valence-electron chi connectivity index (χ3n) is 2.54. The van der Waals surface area contributed by atoms with E-state index in [1.165, 1.54) is 0 Å². The largest absolute Gasteiger partial charge is 0.480 e. The third-order valence-corrected chi connectivity index (χ3v) is 2.54. The van der Waals surface area contributed by atoms with Crippen molar-refractivity contribution in [2.75, 3.05) is 13.1 Å². The van der Waals surface area contributed by atoms with Crippen molar-refractivity contribution in [3.05, 3.63) is 0 Å². The molecule has 0 atom stereocenters. The minimum absolute atomic E-state index is 0.245. The Morgan fingerprint density at radius 1 is 1.19 bits per heavy atom. The number of carbonyl (C=O) groups is 3.